The van der Waals surface area contributed by atoms with Gasteiger partial charge in [0, 0.05) is 37.6 Å². The molecule has 1 atom stereocenters. The molecule has 23 heavy (non-hydrogen) atoms. The number of nitrogens with zero attached hydrogens (tertiary/aromatic N) is 2. The topological polar surface area (TPSA) is 54.5 Å². The maximum absolute atomic E-state index is 11.8. The second-order valence-electron chi connectivity index (χ2n) is 6.60. The lowest BCUT2D eigenvalue weighted by atomic mass is 9.95. The highest BCUT2D eigenvalue weighted by atomic mass is 16.6. The summed E-state index contributed by atoms with van der Waals surface area (Å²) in [6.07, 6.45) is 6.60. The van der Waals surface area contributed by atoms with Crippen molar-refractivity contribution in [1.82, 2.24) is 15.2 Å². The molecule has 2 rings (SSSR count). The molecule has 0 saturated carbocycles. The minimum absolute atomic E-state index is 0.183. The van der Waals surface area contributed by atoms with Gasteiger partial charge in [0.05, 0.1) is 6.61 Å². The number of nitrogens with one attached hydrogen (secondary N) is 1. The van der Waals surface area contributed by atoms with E-state index in [0.29, 0.717) is 24.6 Å². The van der Waals surface area contributed by atoms with Crippen molar-refractivity contribution >= 4 is 6.09 Å². The van der Waals surface area contributed by atoms with E-state index in [0.717, 1.165) is 32.4 Å². The van der Waals surface area contributed by atoms with Gasteiger partial charge in [0.25, 0.3) is 0 Å². The first-order valence-electron chi connectivity index (χ1n) is 8.67. The van der Waals surface area contributed by atoms with Gasteiger partial charge in [-0.1, -0.05) is 19.9 Å². The Hall–Kier alpha value is -1.62. The van der Waals surface area contributed by atoms with Gasteiger partial charge in [0.1, 0.15) is 0 Å². The monoisotopic (exact) mass is 319 g/mol. The first kappa shape index (κ1) is 17.7. The normalized spacial score (nSPS) is 17.3. The fourth-order valence-electron chi connectivity index (χ4n) is 3.08. The number of pyridine rings is 1. The van der Waals surface area contributed by atoms with Gasteiger partial charge >= 0.3 is 6.09 Å². The van der Waals surface area contributed by atoms with Gasteiger partial charge in [-0.3, -0.25) is 4.98 Å². The summed E-state index contributed by atoms with van der Waals surface area (Å²) in [5.41, 5.74) is 1.24. The summed E-state index contributed by atoms with van der Waals surface area (Å²) < 4.78 is 5.08. The molecule has 1 amide bonds. The molecule has 1 aliphatic heterocycles. The molecule has 2 heterocycles. The van der Waals surface area contributed by atoms with E-state index in [-0.39, 0.29) is 6.09 Å². The second-order valence-corrected chi connectivity index (χ2v) is 6.60. The van der Waals surface area contributed by atoms with E-state index in [1.807, 2.05) is 30.3 Å². The third-order valence-corrected chi connectivity index (χ3v) is 4.25. The molecular weight excluding hydrogens is 290 g/mol. The van der Waals surface area contributed by atoms with Crippen LogP contribution in [0.15, 0.2) is 24.5 Å². The summed E-state index contributed by atoms with van der Waals surface area (Å²) in [7, 11) is 0. The standard InChI is InChI=1S/C18H29N3O2/c1-4-23-18(22)21-10-7-16(8-11-21)20-17(12-14(2)3)15-6-5-9-19-13-15/h5-6,9,13-14,16-17,20H,4,7-8,10-12H2,1-3H3. The molecule has 0 spiro atoms. The van der Waals surface area contributed by atoms with E-state index < -0.39 is 0 Å². The Morgan fingerprint density at radius 2 is 2.17 bits per heavy atom. The van der Waals surface area contributed by atoms with E-state index in [1.54, 1.807) is 0 Å². The van der Waals surface area contributed by atoms with Gasteiger partial charge in [-0.2, -0.15) is 0 Å². The SMILES string of the molecule is CCOC(=O)N1CCC(NC(CC(C)C)c2cccnc2)CC1. The maximum Gasteiger partial charge on any atom is 0.409 e. The Bertz CT molecular complexity index is 470. The lowest BCUT2D eigenvalue weighted by Crippen LogP contribution is -2.46. The van der Waals surface area contributed by atoms with Crippen LogP contribution in [0.3, 0.4) is 0 Å². The zero-order valence-corrected chi connectivity index (χ0v) is 14.5. The number of rotatable bonds is 6. The van der Waals surface area contributed by atoms with Crippen LogP contribution < -0.4 is 5.32 Å². The second kappa shape index (κ2) is 8.87. The molecule has 128 valence electrons. The maximum atomic E-state index is 11.8. The van der Waals surface area contributed by atoms with Crippen molar-refractivity contribution in [3.8, 4) is 0 Å². The molecule has 1 unspecified atom stereocenters. The van der Waals surface area contributed by atoms with E-state index in [9.17, 15) is 4.79 Å². The minimum atomic E-state index is -0.183. The fraction of sp³-hybridized carbons (Fsp3) is 0.667. The van der Waals surface area contributed by atoms with Crippen molar-refractivity contribution in [1.29, 1.82) is 0 Å². The molecule has 0 aliphatic carbocycles. The zero-order chi connectivity index (χ0) is 16.7. The van der Waals surface area contributed by atoms with Crippen LogP contribution in [0.25, 0.3) is 0 Å². The molecule has 1 aromatic heterocycles. The number of piperidine rings is 1. The van der Waals surface area contributed by atoms with Crippen molar-refractivity contribution in [2.75, 3.05) is 19.7 Å². The first-order valence-corrected chi connectivity index (χ1v) is 8.67. The molecule has 5 heteroatoms. The predicted octanol–water partition coefficient (Wildman–Crippen LogP) is 3.38. The van der Waals surface area contributed by atoms with Crippen molar-refractivity contribution in [2.24, 2.45) is 5.92 Å². The third-order valence-electron chi connectivity index (χ3n) is 4.25. The summed E-state index contributed by atoms with van der Waals surface area (Å²) in [6.45, 7) is 8.30. The average molecular weight is 319 g/mol. The van der Waals surface area contributed by atoms with Gasteiger partial charge in [-0.05, 0) is 43.7 Å². The van der Waals surface area contributed by atoms with Crippen LogP contribution in [0.2, 0.25) is 0 Å². The van der Waals surface area contributed by atoms with Crippen molar-refractivity contribution in [3.05, 3.63) is 30.1 Å². The summed E-state index contributed by atoms with van der Waals surface area (Å²) >= 11 is 0. The van der Waals surface area contributed by atoms with E-state index in [2.05, 4.69) is 30.2 Å². The quantitative estimate of drug-likeness (QED) is 0.873. The lowest BCUT2D eigenvalue weighted by molar-refractivity contribution is 0.0939. The molecule has 1 N–H and O–H groups in total. The summed E-state index contributed by atoms with van der Waals surface area (Å²) in [6, 6.07) is 4.89. The molecule has 5 nitrogen and oxygen atoms in total. The van der Waals surface area contributed by atoms with Crippen molar-refractivity contribution in [2.45, 2.75) is 52.1 Å². The lowest BCUT2D eigenvalue weighted by Gasteiger charge is -2.34. The highest BCUT2D eigenvalue weighted by molar-refractivity contribution is 5.67. The molecule has 1 aromatic rings. The Balaban J connectivity index is 1.90. The van der Waals surface area contributed by atoms with Crippen LogP contribution in [-0.2, 0) is 4.74 Å². The number of ether oxygens (including phenoxy) is 1. The Morgan fingerprint density at radius 1 is 1.43 bits per heavy atom. The molecule has 0 aromatic carbocycles. The first-order chi connectivity index (χ1) is 11.1. The zero-order valence-electron chi connectivity index (χ0n) is 14.5. The van der Waals surface area contributed by atoms with Crippen LogP contribution in [0.5, 0.6) is 0 Å². The molecule has 1 saturated heterocycles. The van der Waals surface area contributed by atoms with E-state index in [4.69, 9.17) is 4.74 Å². The number of carbonyl (C=O) groups is 1. The van der Waals surface area contributed by atoms with Gasteiger partial charge in [0.2, 0.25) is 0 Å². The molecule has 0 radical (unpaired) electrons. The van der Waals surface area contributed by atoms with Crippen LogP contribution in [-0.4, -0.2) is 41.7 Å². The van der Waals surface area contributed by atoms with E-state index >= 15 is 0 Å². The molecule has 1 aliphatic rings. The van der Waals surface area contributed by atoms with Crippen LogP contribution in [0.4, 0.5) is 4.79 Å². The van der Waals surface area contributed by atoms with Gasteiger partial charge in [-0.25, -0.2) is 4.79 Å². The summed E-state index contributed by atoms with van der Waals surface area (Å²) in [5.74, 6) is 0.618. The Kier molecular flexibility index (Phi) is 6.84. The number of hydrogen-bond acceptors (Lipinski definition) is 4. The fourth-order valence-corrected chi connectivity index (χ4v) is 3.08. The highest BCUT2D eigenvalue weighted by Gasteiger charge is 2.25. The third kappa shape index (κ3) is 5.50. The van der Waals surface area contributed by atoms with Gasteiger partial charge in [-0.15, -0.1) is 0 Å². The number of hydrogen-bond donors (Lipinski definition) is 1. The van der Waals surface area contributed by atoms with Crippen molar-refractivity contribution < 1.29 is 9.53 Å². The highest BCUT2D eigenvalue weighted by Crippen LogP contribution is 2.23. The summed E-state index contributed by atoms with van der Waals surface area (Å²) in [4.78, 5) is 17.8. The summed E-state index contributed by atoms with van der Waals surface area (Å²) in [5, 5.41) is 3.78. The predicted molar refractivity (Wildman–Crippen MR) is 91.2 cm³/mol. The smallest absolute Gasteiger partial charge is 0.409 e. The van der Waals surface area contributed by atoms with Crippen LogP contribution in [0.1, 0.15) is 51.6 Å². The largest absolute Gasteiger partial charge is 0.450 e. The molecule has 1 fully saturated rings. The Morgan fingerprint density at radius 3 is 2.74 bits per heavy atom. The molecular formula is C18H29N3O2. The van der Waals surface area contributed by atoms with Gasteiger partial charge in [0.15, 0.2) is 0 Å². The number of amides is 1. The molecule has 0 bridgehead atoms. The van der Waals surface area contributed by atoms with Gasteiger partial charge < -0.3 is 15.0 Å². The van der Waals surface area contributed by atoms with Crippen LogP contribution >= 0.6 is 0 Å². The average Bonchev–Trinajstić information content (AvgIpc) is 2.55. The number of likely N-dealkylation sites (tertiary alicyclic amines) is 1. The Labute approximate surface area is 139 Å². The number of carbonyl (C=O) groups excluding carboxylic acids is 1. The van der Waals surface area contributed by atoms with E-state index in [1.165, 1.54) is 5.56 Å². The minimum Gasteiger partial charge on any atom is -0.450 e. The number of aromatic nitrogens is 1. The van der Waals surface area contributed by atoms with Crippen LogP contribution in [0, 0.1) is 5.92 Å². The van der Waals surface area contributed by atoms with Crippen molar-refractivity contribution in [3.63, 3.8) is 0 Å².